The number of Topliss-reactive ketones (excluding diaryl/α,β-unsaturated/α-hetero) is 1. The molecule has 0 fully saturated rings. The number of nitrogens with one attached hydrogen (secondary N) is 1. The van der Waals surface area contributed by atoms with Gasteiger partial charge in [0.05, 0.1) is 6.04 Å². The predicted octanol–water partition coefficient (Wildman–Crippen LogP) is 1.25. The van der Waals surface area contributed by atoms with E-state index in [4.69, 9.17) is 5.11 Å². The molecule has 0 aromatic heterocycles. The van der Waals surface area contributed by atoms with Crippen LogP contribution in [-0.2, 0) is 11.2 Å². The molecule has 3 nitrogen and oxygen atoms in total. The summed E-state index contributed by atoms with van der Waals surface area (Å²) in [6.45, 7) is 1.46. The maximum Gasteiger partial charge on any atom is 0.147 e. The Morgan fingerprint density at radius 3 is 2.73 bits per heavy atom. The van der Waals surface area contributed by atoms with E-state index in [-0.39, 0.29) is 24.0 Å². The minimum Gasteiger partial charge on any atom is -0.508 e. The maximum atomic E-state index is 13.3. The summed E-state index contributed by atoms with van der Waals surface area (Å²) >= 11 is 0. The second kappa shape index (κ2) is 4.89. The van der Waals surface area contributed by atoms with Crippen LogP contribution < -0.4 is 5.32 Å². The van der Waals surface area contributed by atoms with Gasteiger partial charge in [-0.05, 0) is 32.0 Å². The molecular weight excluding hydrogens is 197 g/mol. The van der Waals surface area contributed by atoms with Crippen molar-refractivity contribution in [3.63, 3.8) is 0 Å². The molecule has 0 spiro atoms. The topological polar surface area (TPSA) is 49.3 Å². The Hall–Kier alpha value is -1.42. The summed E-state index contributed by atoms with van der Waals surface area (Å²) in [4.78, 5) is 11.1. The summed E-state index contributed by atoms with van der Waals surface area (Å²) in [5.74, 6) is -0.637. The Labute approximate surface area is 87.9 Å². The van der Waals surface area contributed by atoms with Crippen molar-refractivity contribution < 1.29 is 14.3 Å². The molecule has 1 atom stereocenters. The van der Waals surface area contributed by atoms with Crippen LogP contribution in [0, 0.1) is 5.82 Å². The fourth-order valence-electron chi connectivity index (χ4n) is 1.37. The Morgan fingerprint density at radius 2 is 2.27 bits per heavy atom. The number of ketones is 1. The number of rotatable bonds is 4. The van der Waals surface area contributed by atoms with Crippen LogP contribution in [0.15, 0.2) is 18.2 Å². The molecule has 82 valence electrons. The third-order valence-corrected chi connectivity index (χ3v) is 2.30. The molecule has 0 amide bonds. The van der Waals surface area contributed by atoms with E-state index >= 15 is 0 Å². The highest BCUT2D eigenvalue weighted by atomic mass is 19.1. The summed E-state index contributed by atoms with van der Waals surface area (Å²) in [5.41, 5.74) is 0.419. The van der Waals surface area contributed by atoms with Crippen LogP contribution in [-0.4, -0.2) is 24.0 Å². The maximum absolute atomic E-state index is 13.3. The van der Waals surface area contributed by atoms with Crippen molar-refractivity contribution in [2.45, 2.75) is 19.4 Å². The number of phenols is 1. The van der Waals surface area contributed by atoms with Crippen molar-refractivity contribution in [2.24, 2.45) is 0 Å². The van der Waals surface area contributed by atoms with Gasteiger partial charge in [-0.15, -0.1) is 0 Å². The van der Waals surface area contributed by atoms with Crippen molar-refractivity contribution in [2.75, 3.05) is 7.05 Å². The summed E-state index contributed by atoms with van der Waals surface area (Å²) in [6, 6.07) is 3.55. The zero-order valence-corrected chi connectivity index (χ0v) is 8.75. The zero-order valence-electron chi connectivity index (χ0n) is 8.75. The molecule has 1 unspecified atom stereocenters. The first kappa shape index (κ1) is 11.7. The van der Waals surface area contributed by atoms with Gasteiger partial charge in [0.25, 0.3) is 0 Å². The van der Waals surface area contributed by atoms with Gasteiger partial charge in [0.15, 0.2) is 0 Å². The Morgan fingerprint density at radius 1 is 1.60 bits per heavy atom. The van der Waals surface area contributed by atoms with Gasteiger partial charge < -0.3 is 10.4 Å². The first-order chi connectivity index (χ1) is 7.04. The second-order valence-electron chi connectivity index (χ2n) is 3.43. The van der Waals surface area contributed by atoms with Gasteiger partial charge in [0.1, 0.15) is 17.3 Å². The van der Waals surface area contributed by atoms with Gasteiger partial charge in [0, 0.05) is 6.07 Å². The SMILES string of the molecule is CNC(Cc1ccc(O)cc1F)C(C)=O. The average molecular weight is 211 g/mol. The summed E-state index contributed by atoms with van der Waals surface area (Å²) in [7, 11) is 1.66. The predicted molar refractivity (Wildman–Crippen MR) is 55.3 cm³/mol. The Bertz CT molecular complexity index is 366. The smallest absolute Gasteiger partial charge is 0.147 e. The van der Waals surface area contributed by atoms with Crippen LogP contribution in [0.2, 0.25) is 0 Å². The number of halogens is 1. The first-order valence-electron chi connectivity index (χ1n) is 4.69. The van der Waals surface area contributed by atoms with Gasteiger partial charge in [-0.3, -0.25) is 4.79 Å². The minimum atomic E-state index is -0.489. The molecule has 0 saturated heterocycles. The van der Waals surface area contributed by atoms with Gasteiger partial charge in [-0.1, -0.05) is 6.07 Å². The first-order valence-corrected chi connectivity index (χ1v) is 4.69. The highest BCUT2D eigenvalue weighted by Gasteiger charge is 2.14. The third-order valence-electron chi connectivity index (χ3n) is 2.30. The fourth-order valence-corrected chi connectivity index (χ4v) is 1.37. The molecule has 0 bridgehead atoms. The Kier molecular flexibility index (Phi) is 3.80. The van der Waals surface area contributed by atoms with Gasteiger partial charge in [0.2, 0.25) is 0 Å². The normalized spacial score (nSPS) is 12.5. The lowest BCUT2D eigenvalue weighted by molar-refractivity contribution is -0.118. The van der Waals surface area contributed by atoms with Gasteiger partial charge >= 0.3 is 0 Å². The lowest BCUT2D eigenvalue weighted by Crippen LogP contribution is -2.34. The quantitative estimate of drug-likeness (QED) is 0.788. The van der Waals surface area contributed by atoms with Crippen molar-refractivity contribution in [1.82, 2.24) is 5.32 Å². The standard InChI is InChI=1S/C11H14FNO2/c1-7(14)11(13-2)5-8-3-4-9(15)6-10(8)12/h3-4,6,11,13,15H,5H2,1-2H3. The summed E-state index contributed by atoms with van der Waals surface area (Å²) < 4.78 is 13.3. The van der Waals surface area contributed by atoms with Gasteiger partial charge in [-0.2, -0.15) is 0 Å². The van der Waals surface area contributed by atoms with E-state index in [2.05, 4.69) is 5.32 Å². The van der Waals surface area contributed by atoms with Crippen molar-refractivity contribution >= 4 is 5.78 Å². The molecule has 0 radical (unpaired) electrons. The zero-order chi connectivity index (χ0) is 11.4. The second-order valence-corrected chi connectivity index (χ2v) is 3.43. The summed E-state index contributed by atoms with van der Waals surface area (Å²) in [6.07, 6.45) is 0.290. The highest BCUT2D eigenvalue weighted by molar-refractivity contribution is 5.81. The lowest BCUT2D eigenvalue weighted by atomic mass is 10.0. The molecule has 0 heterocycles. The number of hydrogen-bond acceptors (Lipinski definition) is 3. The van der Waals surface area contributed by atoms with E-state index in [1.165, 1.54) is 19.1 Å². The molecular formula is C11H14FNO2. The monoisotopic (exact) mass is 211 g/mol. The van der Waals surface area contributed by atoms with Gasteiger partial charge in [-0.25, -0.2) is 4.39 Å². The van der Waals surface area contributed by atoms with Crippen LogP contribution in [0.5, 0.6) is 5.75 Å². The molecule has 1 aromatic rings. The fraction of sp³-hybridized carbons (Fsp3) is 0.364. The molecule has 0 aliphatic rings. The highest BCUT2D eigenvalue weighted by Crippen LogP contribution is 2.16. The lowest BCUT2D eigenvalue weighted by Gasteiger charge is -2.13. The number of benzene rings is 1. The molecule has 2 N–H and O–H groups in total. The molecule has 1 aromatic carbocycles. The van der Waals surface area contributed by atoms with Crippen molar-refractivity contribution in [1.29, 1.82) is 0 Å². The van der Waals surface area contributed by atoms with Crippen LogP contribution in [0.1, 0.15) is 12.5 Å². The number of hydrogen-bond donors (Lipinski definition) is 2. The van der Waals surface area contributed by atoms with E-state index in [9.17, 15) is 9.18 Å². The molecule has 15 heavy (non-hydrogen) atoms. The number of carbonyl (C=O) groups excluding carboxylic acids is 1. The van der Waals surface area contributed by atoms with E-state index in [0.717, 1.165) is 6.07 Å². The minimum absolute atomic E-state index is 0.0371. The van der Waals surface area contributed by atoms with Crippen LogP contribution in [0.25, 0.3) is 0 Å². The van der Waals surface area contributed by atoms with Crippen LogP contribution in [0.4, 0.5) is 4.39 Å². The van der Waals surface area contributed by atoms with E-state index in [1.807, 2.05) is 0 Å². The summed E-state index contributed by atoms with van der Waals surface area (Å²) in [5, 5.41) is 11.8. The third kappa shape index (κ3) is 3.02. The van der Waals surface area contributed by atoms with E-state index in [1.54, 1.807) is 7.05 Å². The molecule has 4 heteroatoms. The van der Waals surface area contributed by atoms with Crippen molar-refractivity contribution in [3.8, 4) is 5.75 Å². The van der Waals surface area contributed by atoms with E-state index in [0.29, 0.717) is 5.56 Å². The number of phenolic OH excluding ortho intramolecular Hbond substituents is 1. The number of carbonyl (C=O) groups is 1. The Balaban J connectivity index is 2.84. The average Bonchev–Trinajstić information content (AvgIpc) is 2.16. The molecule has 0 saturated carbocycles. The van der Waals surface area contributed by atoms with Crippen LogP contribution >= 0.6 is 0 Å². The number of likely N-dealkylation sites (N-methyl/N-ethyl adjacent to an activating group) is 1. The van der Waals surface area contributed by atoms with E-state index < -0.39 is 5.82 Å². The molecule has 1 rings (SSSR count). The molecule has 0 aliphatic carbocycles. The van der Waals surface area contributed by atoms with Crippen LogP contribution in [0.3, 0.4) is 0 Å². The largest absolute Gasteiger partial charge is 0.508 e. The number of aromatic hydroxyl groups is 1. The molecule has 0 aliphatic heterocycles. The van der Waals surface area contributed by atoms with Crippen molar-refractivity contribution in [3.05, 3.63) is 29.6 Å².